The number of hydrogen-bond donors (Lipinski definition) is 0. The molecule has 2 heterocycles. The first-order chi connectivity index (χ1) is 15.3. The largest absolute Gasteiger partial charge is 0.459 e. The predicted molar refractivity (Wildman–Crippen MR) is 122 cm³/mol. The van der Waals surface area contributed by atoms with Crippen LogP contribution in [0.15, 0.2) is 71.2 Å². The van der Waals surface area contributed by atoms with E-state index in [1.165, 1.54) is 18.2 Å². The number of benzene rings is 2. The summed E-state index contributed by atoms with van der Waals surface area (Å²) in [6.07, 6.45) is 3.60. The van der Waals surface area contributed by atoms with E-state index >= 15 is 0 Å². The quantitative estimate of drug-likeness (QED) is 0.511. The Bertz CT molecular complexity index is 1230. The van der Waals surface area contributed by atoms with Crippen LogP contribution in [0.4, 0.5) is 4.39 Å². The number of carbonyl (C=O) groups is 1. The molecule has 5 nitrogen and oxygen atoms in total. The number of furan rings is 1. The van der Waals surface area contributed by atoms with Crippen LogP contribution in [-0.4, -0.2) is 36.8 Å². The summed E-state index contributed by atoms with van der Waals surface area (Å²) in [6.45, 7) is 2.14. The number of rotatable bonds is 6. The van der Waals surface area contributed by atoms with Crippen molar-refractivity contribution in [2.75, 3.05) is 11.5 Å². The summed E-state index contributed by atoms with van der Waals surface area (Å²) in [4.78, 5) is 14.6. The molecule has 32 heavy (non-hydrogen) atoms. The molecule has 0 radical (unpaired) electrons. The second-order valence-electron chi connectivity index (χ2n) is 8.04. The lowest BCUT2D eigenvalue weighted by Crippen LogP contribution is -2.39. The molecule has 1 fully saturated rings. The van der Waals surface area contributed by atoms with E-state index in [2.05, 4.69) is 0 Å². The molecule has 2 aromatic carbocycles. The molecule has 1 saturated heterocycles. The van der Waals surface area contributed by atoms with E-state index in [9.17, 15) is 17.6 Å². The van der Waals surface area contributed by atoms with Crippen molar-refractivity contribution in [3.63, 3.8) is 0 Å². The van der Waals surface area contributed by atoms with Gasteiger partial charge in [0.1, 0.15) is 17.3 Å². The molecule has 1 aliphatic rings. The molecule has 1 atom stereocenters. The third-order valence-electron chi connectivity index (χ3n) is 5.54. The molecule has 3 aromatic rings. The average molecular weight is 454 g/mol. The molecular formula is C25H24FNO4S. The average Bonchev–Trinajstić information content (AvgIpc) is 3.38. The highest BCUT2D eigenvalue weighted by Gasteiger charge is 2.34. The van der Waals surface area contributed by atoms with E-state index in [0.717, 1.165) is 16.7 Å². The second kappa shape index (κ2) is 9.12. The standard InChI is InChI=1S/C25H24FNO4S/c1-18-2-4-19(5-3-18)6-13-25(28)27(22-14-15-32(29,30)17-22)16-23-11-12-24(31-23)20-7-9-21(26)10-8-20/h2-13,22H,14-17H2,1H3/b13-6+. The van der Waals surface area contributed by atoms with Gasteiger partial charge >= 0.3 is 0 Å². The Hall–Kier alpha value is -3.19. The maximum atomic E-state index is 13.2. The first-order valence-corrected chi connectivity index (χ1v) is 12.2. The number of amides is 1. The Morgan fingerprint density at radius 3 is 2.47 bits per heavy atom. The van der Waals surface area contributed by atoms with Crippen molar-refractivity contribution in [1.29, 1.82) is 0 Å². The zero-order valence-electron chi connectivity index (χ0n) is 17.7. The van der Waals surface area contributed by atoms with Crippen LogP contribution in [0, 0.1) is 12.7 Å². The lowest BCUT2D eigenvalue weighted by atomic mass is 10.1. The number of halogens is 1. The molecule has 0 saturated carbocycles. The van der Waals surface area contributed by atoms with Crippen molar-refractivity contribution >= 4 is 21.8 Å². The van der Waals surface area contributed by atoms with E-state index in [1.54, 1.807) is 35.2 Å². The summed E-state index contributed by atoms with van der Waals surface area (Å²) in [5, 5.41) is 0. The van der Waals surface area contributed by atoms with Crippen molar-refractivity contribution in [3.8, 4) is 11.3 Å². The molecule has 1 aromatic heterocycles. The fraction of sp³-hybridized carbons (Fsp3) is 0.240. The van der Waals surface area contributed by atoms with E-state index in [0.29, 0.717) is 17.9 Å². The highest BCUT2D eigenvalue weighted by molar-refractivity contribution is 7.91. The van der Waals surface area contributed by atoms with Crippen LogP contribution in [0.25, 0.3) is 17.4 Å². The van der Waals surface area contributed by atoms with Gasteiger partial charge in [0.2, 0.25) is 5.91 Å². The van der Waals surface area contributed by atoms with Crippen molar-refractivity contribution < 1.29 is 22.0 Å². The molecule has 7 heteroatoms. The fourth-order valence-electron chi connectivity index (χ4n) is 3.75. The third-order valence-corrected chi connectivity index (χ3v) is 7.29. The highest BCUT2D eigenvalue weighted by atomic mass is 32.2. The maximum Gasteiger partial charge on any atom is 0.247 e. The Kier molecular flexibility index (Phi) is 6.28. The molecule has 1 amide bonds. The maximum absolute atomic E-state index is 13.2. The molecule has 0 spiro atoms. The molecule has 1 unspecified atom stereocenters. The number of sulfone groups is 1. The third kappa shape index (κ3) is 5.34. The van der Waals surface area contributed by atoms with Crippen LogP contribution in [0.5, 0.6) is 0 Å². The van der Waals surface area contributed by atoms with Gasteiger partial charge < -0.3 is 9.32 Å². The first-order valence-electron chi connectivity index (χ1n) is 10.4. The van der Waals surface area contributed by atoms with Gasteiger partial charge in [0, 0.05) is 17.7 Å². The predicted octanol–water partition coefficient (Wildman–Crippen LogP) is 4.62. The Morgan fingerprint density at radius 1 is 1.09 bits per heavy atom. The zero-order chi connectivity index (χ0) is 22.7. The lowest BCUT2D eigenvalue weighted by molar-refractivity contribution is -0.128. The first kappa shape index (κ1) is 22.0. The summed E-state index contributed by atoms with van der Waals surface area (Å²) in [6, 6.07) is 16.8. The topological polar surface area (TPSA) is 67.6 Å². The summed E-state index contributed by atoms with van der Waals surface area (Å²) in [5.74, 6) is 0.505. The summed E-state index contributed by atoms with van der Waals surface area (Å²) < 4.78 is 43.2. The normalized spacial score (nSPS) is 17.6. The van der Waals surface area contributed by atoms with Gasteiger partial charge in [-0.15, -0.1) is 0 Å². The molecular weight excluding hydrogens is 429 g/mol. The monoisotopic (exact) mass is 453 g/mol. The summed E-state index contributed by atoms with van der Waals surface area (Å²) >= 11 is 0. The Balaban J connectivity index is 1.55. The Morgan fingerprint density at radius 2 is 1.81 bits per heavy atom. The Labute approximate surface area is 187 Å². The molecule has 0 N–H and O–H groups in total. The van der Waals surface area contributed by atoms with Crippen molar-refractivity contribution in [2.24, 2.45) is 0 Å². The number of nitrogens with zero attached hydrogens (tertiary/aromatic N) is 1. The van der Waals surface area contributed by atoms with E-state index in [1.807, 2.05) is 31.2 Å². The van der Waals surface area contributed by atoms with Gasteiger partial charge in [0.25, 0.3) is 0 Å². The minimum absolute atomic E-state index is 0.0529. The van der Waals surface area contributed by atoms with Gasteiger partial charge in [-0.25, -0.2) is 12.8 Å². The van der Waals surface area contributed by atoms with E-state index < -0.39 is 15.9 Å². The molecule has 0 bridgehead atoms. The minimum atomic E-state index is -3.16. The number of aryl methyl sites for hydroxylation is 1. The number of hydrogen-bond acceptors (Lipinski definition) is 4. The molecule has 4 rings (SSSR count). The van der Waals surface area contributed by atoms with Crippen LogP contribution in [0.1, 0.15) is 23.3 Å². The van der Waals surface area contributed by atoms with Crippen molar-refractivity contribution in [3.05, 3.63) is 89.4 Å². The van der Waals surface area contributed by atoms with Gasteiger partial charge in [0.15, 0.2) is 9.84 Å². The van der Waals surface area contributed by atoms with Gasteiger partial charge in [-0.3, -0.25) is 4.79 Å². The van der Waals surface area contributed by atoms with E-state index in [4.69, 9.17) is 4.42 Å². The van der Waals surface area contributed by atoms with Crippen molar-refractivity contribution in [2.45, 2.75) is 25.9 Å². The zero-order valence-corrected chi connectivity index (χ0v) is 18.5. The second-order valence-corrected chi connectivity index (χ2v) is 10.3. The fourth-order valence-corrected chi connectivity index (χ4v) is 5.48. The van der Waals surface area contributed by atoms with Gasteiger partial charge in [-0.05, 0) is 61.4 Å². The minimum Gasteiger partial charge on any atom is -0.459 e. The SMILES string of the molecule is Cc1ccc(/C=C/C(=O)N(Cc2ccc(-c3ccc(F)cc3)o2)C2CCS(=O)(=O)C2)cc1. The van der Waals surface area contributed by atoms with Crippen LogP contribution in [-0.2, 0) is 21.2 Å². The lowest BCUT2D eigenvalue weighted by Gasteiger charge is -2.26. The number of carbonyl (C=O) groups excluding carboxylic acids is 1. The highest BCUT2D eigenvalue weighted by Crippen LogP contribution is 2.26. The van der Waals surface area contributed by atoms with Gasteiger partial charge in [-0.1, -0.05) is 29.8 Å². The van der Waals surface area contributed by atoms with Crippen LogP contribution in [0.3, 0.4) is 0 Å². The van der Waals surface area contributed by atoms with Gasteiger partial charge in [-0.2, -0.15) is 0 Å². The smallest absolute Gasteiger partial charge is 0.247 e. The summed E-state index contributed by atoms with van der Waals surface area (Å²) in [5.41, 5.74) is 2.74. The molecule has 1 aliphatic heterocycles. The van der Waals surface area contributed by atoms with Gasteiger partial charge in [0.05, 0.1) is 18.1 Å². The molecule has 166 valence electrons. The molecule has 0 aliphatic carbocycles. The summed E-state index contributed by atoms with van der Waals surface area (Å²) in [7, 11) is -3.16. The van der Waals surface area contributed by atoms with Crippen molar-refractivity contribution in [1.82, 2.24) is 4.90 Å². The van der Waals surface area contributed by atoms with Crippen LogP contribution < -0.4 is 0 Å². The van der Waals surface area contributed by atoms with Crippen LogP contribution in [0.2, 0.25) is 0 Å². The van der Waals surface area contributed by atoms with Crippen LogP contribution >= 0.6 is 0 Å². The van der Waals surface area contributed by atoms with E-state index in [-0.39, 0.29) is 29.8 Å².